The third-order valence-electron chi connectivity index (χ3n) is 2.61. The van der Waals surface area contributed by atoms with Gasteiger partial charge in [0.05, 0.1) is 0 Å². The average Bonchev–Trinajstić information content (AvgIpc) is 2.65. The number of H-pyrrole nitrogens is 1. The van der Waals surface area contributed by atoms with Crippen LogP contribution in [0.25, 0.3) is 10.9 Å². The molecule has 14 heavy (non-hydrogen) atoms. The number of benzene rings is 1. The second-order valence-corrected chi connectivity index (χ2v) is 3.59. The van der Waals surface area contributed by atoms with E-state index in [1.807, 2.05) is 18.3 Å². The van der Waals surface area contributed by atoms with Gasteiger partial charge in [-0.15, -0.1) is 0 Å². The van der Waals surface area contributed by atoms with Gasteiger partial charge in [0.15, 0.2) is 0 Å². The van der Waals surface area contributed by atoms with Crippen molar-refractivity contribution in [3.63, 3.8) is 0 Å². The van der Waals surface area contributed by atoms with E-state index in [4.69, 9.17) is 0 Å². The summed E-state index contributed by atoms with van der Waals surface area (Å²) in [7, 11) is 0. The molecule has 2 aromatic rings. The zero-order chi connectivity index (χ0) is 9.97. The Balaban J connectivity index is 2.50. The van der Waals surface area contributed by atoms with Crippen molar-refractivity contribution in [1.29, 1.82) is 0 Å². The van der Waals surface area contributed by atoms with Crippen LogP contribution in [-0.2, 0) is 4.79 Å². The van der Waals surface area contributed by atoms with Crippen molar-refractivity contribution in [3.8, 4) is 0 Å². The van der Waals surface area contributed by atoms with Crippen LogP contribution in [0.1, 0.15) is 24.8 Å². The van der Waals surface area contributed by atoms with Gasteiger partial charge in [0, 0.05) is 23.5 Å². The predicted octanol–water partition coefficient (Wildman–Crippen LogP) is 2.86. The van der Waals surface area contributed by atoms with Crippen molar-refractivity contribution in [1.82, 2.24) is 4.98 Å². The van der Waals surface area contributed by atoms with Crippen molar-refractivity contribution in [3.05, 3.63) is 36.0 Å². The number of hydrogen-bond acceptors (Lipinski definition) is 1. The predicted molar refractivity (Wildman–Crippen MR) is 57.4 cm³/mol. The van der Waals surface area contributed by atoms with Gasteiger partial charge in [-0.3, -0.25) is 0 Å². The van der Waals surface area contributed by atoms with Gasteiger partial charge < -0.3 is 9.78 Å². The minimum Gasteiger partial charge on any atom is -0.361 e. The molecule has 0 amide bonds. The summed E-state index contributed by atoms with van der Waals surface area (Å²) in [5, 5.41) is 1.22. The molecule has 1 aromatic heterocycles. The first-order chi connectivity index (χ1) is 6.83. The molecule has 0 spiro atoms. The van der Waals surface area contributed by atoms with Gasteiger partial charge in [-0.25, -0.2) is 0 Å². The molecular weight excluding hydrogens is 174 g/mol. The minimum atomic E-state index is 0.298. The molecule has 0 aliphatic heterocycles. The SMILES string of the molecule is CC(CC=O)c1cccc2[nH]ccc12. The molecule has 2 heteroatoms. The van der Waals surface area contributed by atoms with E-state index >= 15 is 0 Å². The highest BCUT2D eigenvalue weighted by molar-refractivity contribution is 5.83. The Morgan fingerprint density at radius 1 is 1.43 bits per heavy atom. The first-order valence-electron chi connectivity index (χ1n) is 4.82. The fraction of sp³-hybridized carbons (Fsp3) is 0.250. The van der Waals surface area contributed by atoms with Gasteiger partial charge in [-0.05, 0) is 23.6 Å². The number of aromatic amines is 1. The maximum Gasteiger partial charge on any atom is 0.120 e. The van der Waals surface area contributed by atoms with Crippen molar-refractivity contribution in [2.24, 2.45) is 0 Å². The number of carbonyl (C=O) groups excluding carboxylic acids is 1. The third-order valence-corrected chi connectivity index (χ3v) is 2.61. The normalized spacial score (nSPS) is 12.9. The second-order valence-electron chi connectivity index (χ2n) is 3.59. The van der Waals surface area contributed by atoms with Crippen LogP contribution in [0.3, 0.4) is 0 Å². The fourth-order valence-electron chi connectivity index (χ4n) is 1.81. The summed E-state index contributed by atoms with van der Waals surface area (Å²) in [6.07, 6.45) is 3.50. The van der Waals surface area contributed by atoms with E-state index in [0.29, 0.717) is 12.3 Å². The summed E-state index contributed by atoms with van der Waals surface area (Å²) < 4.78 is 0. The monoisotopic (exact) mass is 187 g/mol. The maximum absolute atomic E-state index is 10.5. The number of carbonyl (C=O) groups is 1. The molecule has 1 aromatic carbocycles. The molecule has 0 aliphatic carbocycles. The molecule has 0 fully saturated rings. The van der Waals surface area contributed by atoms with Gasteiger partial charge in [0.25, 0.3) is 0 Å². The van der Waals surface area contributed by atoms with Crippen LogP contribution in [0.15, 0.2) is 30.5 Å². The van der Waals surface area contributed by atoms with E-state index in [1.54, 1.807) is 0 Å². The Labute approximate surface area is 82.9 Å². The van der Waals surface area contributed by atoms with Crippen LogP contribution in [0.2, 0.25) is 0 Å². The Hall–Kier alpha value is -1.57. The molecular formula is C12H13NO. The molecule has 0 aliphatic rings. The molecule has 2 nitrogen and oxygen atoms in total. The van der Waals surface area contributed by atoms with Gasteiger partial charge in [-0.1, -0.05) is 19.1 Å². The summed E-state index contributed by atoms with van der Waals surface area (Å²) >= 11 is 0. The Morgan fingerprint density at radius 2 is 2.29 bits per heavy atom. The summed E-state index contributed by atoms with van der Waals surface area (Å²) in [4.78, 5) is 13.6. The van der Waals surface area contributed by atoms with Crippen molar-refractivity contribution >= 4 is 17.2 Å². The molecule has 0 bridgehead atoms. The quantitative estimate of drug-likeness (QED) is 0.736. The van der Waals surface area contributed by atoms with Gasteiger partial charge in [0.2, 0.25) is 0 Å². The van der Waals surface area contributed by atoms with Crippen LogP contribution in [-0.4, -0.2) is 11.3 Å². The summed E-state index contributed by atoms with van der Waals surface area (Å²) in [5.41, 5.74) is 2.39. The Morgan fingerprint density at radius 3 is 3.07 bits per heavy atom. The fourth-order valence-corrected chi connectivity index (χ4v) is 1.81. The lowest BCUT2D eigenvalue weighted by molar-refractivity contribution is -0.108. The third kappa shape index (κ3) is 1.43. The van der Waals surface area contributed by atoms with Crippen molar-refractivity contribution < 1.29 is 4.79 Å². The zero-order valence-electron chi connectivity index (χ0n) is 8.16. The molecule has 0 radical (unpaired) electrons. The molecule has 72 valence electrons. The topological polar surface area (TPSA) is 32.9 Å². The number of hydrogen-bond donors (Lipinski definition) is 1. The largest absolute Gasteiger partial charge is 0.361 e. The summed E-state index contributed by atoms with van der Waals surface area (Å²) in [6, 6.07) is 8.22. The van der Waals surface area contributed by atoms with Crippen LogP contribution in [0.4, 0.5) is 0 Å². The molecule has 2 rings (SSSR count). The van der Waals surface area contributed by atoms with E-state index in [1.165, 1.54) is 10.9 Å². The van der Waals surface area contributed by atoms with E-state index in [0.717, 1.165) is 11.8 Å². The van der Waals surface area contributed by atoms with Crippen LogP contribution >= 0.6 is 0 Å². The van der Waals surface area contributed by atoms with Gasteiger partial charge in [0.1, 0.15) is 6.29 Å². The summed E-state index contributed by atoms with van der Waals surface area (Å²) in [6.45, 7) is 2.08. The highest BCUT2D eigenvalue weighted by atomic mass is 16.1. The number of aldehydes is 1. The minimum absolute atomic E-state index is 0.298. The Bertz CT molecular complexity index is 444. The molecule has 1 atom stereocenters. The van der Waals surface area contributed by atoms with E-state index in [9.17, 15) is 4.79 Å². The second kappa shape index (κ2) is 3.66. The lowest BCUT2D eigenvalue weighted by Crippen LogP contribution is -1.94. The van der Waals surface area contributed by atoms with Crippen molar-refractivity contribution in [2.75, 3.05) is 0 Å². The first-order valence-corrected chi connectivity index (χ1v) is 4.82. The first kappa shape index (κ1) is 9.00. The van der Waals surface area contributed by atoms with E-state index in [-0.39, 0.29) is 0 Å². The van der Waals surface area contributed by atoms with E-state index in [2.05, 4.69) is 24.0 Å². The van der Waals surface area contributed by atoms with Gasteiger partial charge >= 0.3 is 0 Å². The number of nitrogens with one attached hydrogen (secondary N) is 1. The molecule has 1 N–H and O–H groups in total. The van der Waals surface area contributed by atoms with Gasteiger partial charge in [-0.2, -0.15) is 0 Å². The average molecular weight is 187 g/mol. The highest BCUT2D eigenvalue weighted by Gasteiger charge is 2.08. The number of fused-ring (bicyclic) bond motifs is 1. The zero-order valence-corrected chi connectivity index (χ0v) is 8.16. The maximum atomic E-state index is 10.5. The van der Waals surface area contributed by atoms with Crippen LogP contribution in [0, 0.1) is 0 Å². The lowest BCUT2D eigenvalue weighted by Gasteiger charge is -2.09. The van der Waals surface area contributed by atoms with Crippen LogP contribution in [0.5, 0.6) is 0 Å². The molecule has 0 saturated carbocycles. The van der Waals surface area contributed by atoms with Crippen molar-refractivity contribution in [2.45, 2.75) is 19.3 Å². The highest BCUT2D eigenvalue weighted by Crippen LogP contribution is 2.26. The Kier molecular flexibility index (Phi) is 2.35. The van der Waals surface area contributed by atoms with E-state index < -0.39 is 0 Å². The number of aromatic nitrogens is 1. The molecule has 1 heterocycles. The smallest absolute Gasteiger partial charge is 0.120 e. The summed E-state index contributed by atoms with van der Waals surface area (Å²) in [5.74, 6) is 0.298. The number of rotatable bonds is 3. The standard InChI is InChI=1S/C12H13NO/c1-9(6-8-14)10-3-2-4-12-11(10)5-7-13-12/h2-5,7-9,13H,6H2,1H3. The van der Waals surface area contributed by atoms with Crippen LogP contribution < -0.4 is 0 Å². The lowest BCUT2D eigenvalue weighted by atomic mass is 9.95. The molecule has 0 saturated heterocycles. The molecule has 1 unspecified atom stereocenters.